The van der Waals surface area contributed by atoms with Gasteiger partial charge in [0.05, 0.1) is 19.8 Å². The number of morpholine rings is 1. The van der Waals surface area contributed by atoms with E-state index in [0.717, 1.165) is 39.3 Å². The van der Waals surface area contributed by atoms with Crippen molar-refractivity contribution in [1.29, 1.82) is 0 Å². The van der Waals surface area contributed by atoms with Crippen LogP contribution in [0, 0.1) is 0 Å². The molecule has 0 aliphatic carbocycles. The first kappa shape index (κ1) is 10.5. The average molecular weight is 186 g/mol. The second-order valence-electron chi connectivity index (χ2n) is 3.24. The normalized spacial score (nSPS) is 18.5. The Kier molecular flexibility index (Phi) is 4.78. The third-order valence-corrected chi connectivity index (χ3v) is 2.04. The molecule has 76 valence electrons. The molecule has 13 heavy (non-hydrogen) atoms. The number of nitrogens with zero attached hydrogens (tertiary/aromatic N) is 1. The van der Waals surface area contributed by atoms with E-state index >= 15 is 0 Å². The van der Waals surface area contributed by atoms with Gasteiger partial charge in [0.25, 0.3) is 0 Å². The Bertz CT molecular complexity index is 156. The van der Waals surface area contributed by atoms with Crippen molar-refractivity contribution in [1.82, 2.24) is 10.2 Å². The molecule has 0 spiro atoms. The third kappa shape index (κ3) is 4.24. The van der Waals surface area contributed by atoms with Gasteiger partial charge in [0.1, 0.15) is 0 Å². The Morgan fingerprint density at radius 3 is 2.77 bits per heavy atom. The summed E-state index contributed by atoms with van der Waals surface area (Å²) in [5, 5.41) is 2.86. The van der Waals surface area contributed by atoms with Gasteiger partial charge in [-0.3, -0.25) is 9.69 Å². The predicted octanol–water partition coefficient (Wildman–Crippen LogP) is -0.155. The zero-order chi connectivity index (χ0) is 9.52. The van der Waals surface area contributed by atoms with Gasteiger partial charge in [0.2, 0.25) is 5.91 Å². The van der Waals surface area contributed by atoms with E-state index in [-0.39, 0.29) is 5.91 Å². The molecule has 4 heteroatoms. The van der Waals surface area contributed by atoms with Crippen molar-refractivity contribution in [3.05, 3.63) is 0 Å². The van der Waals surface area contributed by atoms with Crippen molar-refractivity contribution in [3.63, 3.8) is 0 Å². The smallest absolute Gasteiger partial charge is 0.234 e. The van der Waals surface area contributed by atoms with Crippen molar-refractivity contribution in [3.8, 4) is 0 Å². The van der Waals surface area contributed by atoms with Gasteiger partial charge in [-0.1, -0.05) is 6.92 Å². The molecular formula is C9H18N2O2. The van der Waals surface area contributed by atoms with Crippen LogP contribution in [0.1, 0.15) is 13.3 Å². The number of ether oxygens (including phenoxy) is 1. The highest BCUT2D eigenvalue weighted by molar-refractivity contribution is 5.77. The first-order chi connectivity index (χ1) is 6.33. The van der Waals surface area contributed by atoms with Crippen molar-refractivity contribution >= 4 is 5.91 Å². The maximum atomic E-state index is 11.3. The zero-order valence-electron chi connectivity index (χ0n) is 8.21. The SMILES string of the molecule is CCCNC(=O)CN1CCOCC1. The van der Waals surface area contributed by atoms with Gasteiger partial charge in [-0.2, -0.15) is 0 Å². The minimum absolute atomic E-state index is 0.128. The van der Waals surface area contributed by atoms with E-state index in [0.29, 0.717) is 6.54 Å². The molecule has 1 aliphatic heterocycles. The Labute approximate surface area is 79.2 Å². The summed E-state index contributed by atoms with van der Waals surface area (Å²) in [6, 6.07) is 0. The van der Waals surface area contributed by atoms with E-state index < -0.39 is 0 Å². The lowest BCUT2D eigenvalue weighted by Crippen LogP contribution is -2.43. The lowest BCUT2D eigenvalue weighted by molar-refractivity contribution is -0.123. The minimum atomic E-state index is 0.128. The van der Waals surface area contributed by atoms with Crippen LogP contribution in [-0.2, 0) is 9.53 Å². The van der Waals surface area contributed by atoms with Crippen LogP contribution in [0.3, 0.4) is 0 Å². The minimum Gasteiger partial charge on any atom is -0.379 e. The zero-order valence-corrected chi connectivity index (χ0v) is 8.21. The van der Waals surface area contributed by atoms with Gasteiger partial charge in [-0.05, 0) is 6.42 Å². The largest absolute Gasteiger partial charge is 0.379 e. The van der Waals surface area contributed by atoms with Gasteiger partial charge in [0, 0.05) is 19.6 Å². The summed E-state index contributed by atoms with van der Waals surface area (Å²) < 4.78 is 5.19. The molecule has 1 amide bonds. The quantitative estimate of drug-likeness (QED) is 0.663. The summed E-state index contributed by atoms with van der Waals surface area (Å²) in [6.45, 7) is 6.60. The highest BCUT2D eigenvalue weighted by Gasteiger charge is 2.13. The van der Waals surface area contributed by atoms with Gasteiger partial charge >= 0.3 is 0 Å². The number of nitrogens with one attached hydrogen (secondary N) is 1. The van der Waals surface area contributed by atoms with E-state index in [4.69, 9.17) is 4.74 Å². The Balaban J connectivity index is 2.11. The highest BCUT2D eigenvalue weighted by Crippen LogP contribution is 1.95. The standard InChI is InChI=1S/C9H18N2O2/c1-2-3-10-9(12)8-11-4-6-13-7-5-11/h2-8H2,1H3,(H,10,12). The van der Waals surface area contributed by atoms with Crippen LogP contribution in [0.25, 0.3) is 0 Å². The van der Waals surface area contributed by atoms with Gasteiger partial charge in [-0.25, -0.2) is 0 Å². The molecule has 1 aliphatic rings. The lowest BCUT2D eigenvalue weighted by atomic mass is 10.4. The molecule has 1 N–H and O–H groups in total. The van der Waals surface area contributed by atoms with Crippen LogP contribution < -0.4 is 5.32 Å². The van der Waals surface area contributed by atoms with Gasteiger partial charge < -0.3 is 10.1 Å². The number of rotatable bonds is 4. The summed E-state index contributed by atoms with van der Waals surface area (Å²) in [4.78, 5) is 13.4. The molecule has 0 aromatic carbocycles. The van der Waals surface area contributed by atoms with Crippen LogP contribution in [0.5, 0.6) is 0 Å². The number of carbonyl (C=O) groups is 1. The first-order valence-corrected chi connectivity index (χ1v) is 4.89. The molecule has 4 nitrogen and oxygen atoms in total. The lowest BCUT2D eigenvalue weighted by Gasteiger charge is -2.25. The number of amides is 1. The van der Waals surface area contributed by atoms with Gasteiger partial charge in [0.15, 0.2) is 0 Å². The van der Waals surface area contributed by atoms with E-state index in [1.807, 2.05) is 0 Å². The molecule has 1 heterocycles. The fourth-order valence-electron chi connectivity index (χ4n) is 1.28. The molecule has 1 fully saturated rings. The van der Waals surface area contributed by atoms with Crippen molar-refractivity contribution in [2.24, 2.45) is 0 Å². The summed E-state index contributed by atoms with van der Waals surface area (Å²) in [5.74, 6) is 0.128. The summed E-state index contributed by atoms with van der Waals surface area (Å²) >= 11 is 0. The number of carbonyl (C=O) groups excluding carboxylic acids is 1. The Morgan fingerprint density at radius 1 is 1.46 bits per heavy atom. The van der Waals surface area contributed by atoms with E-state index in [9.17, 15) is 4.79 Å². The van der Waals surface area contributed by atoms with Crippen LogP contribution in [0.15, 0.2) is 0 Å². The number of hydrogen-bond donors (Lipinski definition) is 1. The van der Waals surface area contributed by atoms with E-state index in [2.05, 4.69) is 17.1 Å². The predicted molar refractivity (Wildman–Crippen MR) is 50.6 cm³/mol. The van der Waals surface area contributed by atoms with Crippen LogP contribution in [-0.4, -0.2) is 50.2 Å². The molecular weight excluding hydrogens is 168 g/mol. The molecule has 1 rings (SSSR count). The maximum absolute atomic E-state index is 11.3. The topological polar surface area (TPSA) is 41.6 Å². The molecule has 0 atom stereocenters. The molecule has 0 unspecified atom stereocenters. The molecule has 0 bridgehead atoms. The molecule has 0 aromatic heterocycles. The van der Waals surface area contributed by atoms with Crippen molar-refractivity contribution < 1.29 is 9.53 Å². The van der Waals surface area contributed by atoms with Crippen molar-refractivity contribution in [2.45, 2.75) is 13.3 Å². The highest BCUT2D eigenvalue weighted by atomic mass is 16.5. The fraction of sp³-hybridized carbons (Fsp3) is 0.889. The molecule has 0 aromatic rings. The van der Waals surface area contributed by atoms with Crippen LogP contribution in [0.2, 0.25) is 0 Å². The Morgan fingerprint density at radius 2 is 2.15 bits per heavy atom. The van der Waals surface area contributed by atoms with Crippen LogP contribution >= 0.6 is 0 Å². The van der Waals surface area contributed by atoms with Gasteiger partial charge in [-0.15, -0.1) is 0 Å². The molecule has 0 radical (unpaired) electrons. The van der Waals surface area contributed by atoms with E-state index in [1.54, 1.807) is 0 Å². The number of hydrogen-bond acceptors (Lipinski definition) is 3. The summed E-state index contributed by atoms with van der Waals surface area (Å²) in [6.07, 6.45) is 0.995. The fourth-order valence-corrected chi connectivity index (χ4v) is 1.28. The van der Waals surface area contributed by atoms with E-state index in [1.165, 1.54) is 0 Å². The first-order valence-electron chi connectivity index (χ1n) is 4.89. The second-order valence-corrected chi connectivity index (χ2v) is 3.24. The molecule has 1 saturated heterocycles. The second kappa shape index (κ2) is 5.94. The van der Waals surface area contributed by atoms with Crippen LogP contribution in [0.4, 0.5) is 0 Å². The molecule has 0 saturated carbocycles. The average Bonchev–Trinajstić information content (AvgIpc) is 2.16. The monoisotopic (exact) mass is 186 g/mol. The summed E-state index contributed by atoms with van der Waals surface area (Å²) in [7, 11) is 0. The Hall–Kier alpha value is -0.610. The maximum Gasteiger partial charge on any atom is 0.234 e. The van der Waals surface area contributed by atoms with Crippen molar-refractivity contribution in [2.75, 3.05) is 39.4 Å². The summed E-state index contributed by atoms with van der Waals surface area (Å²) in [5.41, 5.74) is 0. The third-order valence-electron chi connectivity index (χ3n) is 2.04.